The van der Waals surface area contributed by atoms with Crippen molar-refractivity contribution in [3.8, 4) is 11.6 Å². The molecule has 0 spiro atoms. The monoisotopic (exact) mass is 329 g/mol. The number of thiophene rings is 1. The highest BCUT2D eigenvalue weighted by molar-refractivity contribution is 7.18. The van der Waals surface area contributed by atoms with Gasteiger partial charge in [0.2, 0.25) is 11.6 Å². The van der Waals surface area contributed by atoms with Crippen molar-refractivity contribution < 1.29 is 14.5 Å². The molecule has 0 aliphatic rings. The van der Waals surface area contributed by atoms with Gasteiger partial charge in [0.15, 0.2) is 0 Å². The minimum absolute atomic E-state index is 0.0313. The Kier molecular flexibility index (Phi) is 3.75. The quantitative estimate of drug-likeness (QED) is 0.410. The van der Waals surface area contributed by atoms with Gasteiger partial charge in [-0.3, -0.25) is 14.9 Å². The van der Waals surface area contributed by atoms with Crippen molar-refractivity contribution in [1.29, 1.82) is 0 Å². The highest BCUT2D eigenvalue weighted by Gasteiger charge is 2.20. The molecule has 116 valence electrons. The second-order valence-corrected chi connectivity index (χ2v) is 6.05. The molecule has 0 saturated heterocycles. The Hall–Kier alpha value is -2.87. The molecule has 0 aliphatic carbocycles. The lowest BCUT2D eigenvalue weighted by Crippen LogP contribution is -1.97. The number of rotatable bonds is 4. The summed E-state index contributed by atoms with van der Waals surface area (Å²) < 4.78 is 5.68. The number of aryl methyl sites for hydroxylation is 2. The minimum Gasteiger partial charge on any atom is -0.431 e. The summed E-state index contributed by atoms with van der Waals surface area (Å²) in [4.78, 5) is 31.5. The standard InChI is InChI=1S/C15H11N3O4S/c1-8-9(2)23-15-13(8)14(16-7-17-15)22-12-4-3-10(6-19)5-11(12)18(20)21/h3-7H,1-2H3. The van der Waals surface area contributed by atoms with Crippen LogP contribution in [0.3, 0.4) is 0 Å². The van der Waals surface area contributed by atoms with Crippen LogP contribution in [0.1, 0.15) is 20.8 Å². The molecule has 3 aromatic rings. The largest absolute Gasteiger partial charge is 0.431 e. The van der Waals surface area contributed by atoms with Crippen molar-refractivity contribution in [3.05, 3.63) is 50.6 Å². The van der Waals surface area contributed by atoms with Gasteiger partial charge in [-0.2, -0.15) is 0 Å². The molecule has 2 heterocycles. The van der Waals surface area contributed by atoms with E-state index in [-0.39, 0.29) is 22.9 Å². The van der Waals surface area contributed by atoms with Crippen molar-refractivity contribution in [1.82, 2.24) is 9.97 Å². The van der Waals surface area contributed by atoms with Gasteiger partial charge in [0.05, 0.1) is 10.3 Å². The van der Waals surface area contributed by atoms with E-state index in [1.807, 2.05) is 13.8 Å². The minimum atomic E-state index is -0.591. The van der Waals surface area contributed by atoms with Gasteiger partial charge in [-0.25, -0.2) is 9.97 Å². The molecular weight excluding hydrogens is 318 g/mol. The molecule has 3 rings (SSSR count). The third-order valence-electron chi connectivity index (χ3n) is 3.45. The first kappa shape index (κ1) is 15.0. The van der Waals surface area contributed by atoms with Gasteiger partial charge in [-0.1, -0.05) is 0 Å². The molecule has 0 atom stereocenters. The van der Waals surface area contributed by atoms with Gasteiger partial charge in [-0.15, -0.1) is 11.3 Å². The Morgan fingerprint density at radius 1 is 1.30 bits per heavy atom. The number of nitro groups is 1. The lowest BCUT2D eigenvalue weighted by Gasteiger charge is -2.07. The highest BCUT2D eigenvalue weighted by Crippen LogP contribution is 2.38. The summed E-state index contributed by atoms with van der Waals surface area (Å²) in [5.41, 5.74) is 0.901. The van der Waals surface area contributed by atoms with E-state index in [0.717, 1.165) is 20.7 Å². The van der Waals surface area contributed by atoms with Crippen LogP contribution in [0.15, 0.2) is 24.5 Å². The van der Waals surface area contributed by atoms with E-state index in [0.29, 0.717) is 6.29 Å². The molecule has 0 radical (unpaired) electrons. The van der Waals surface area contributed by atoms with Gasteiger partial charge in [0, 0.05) is 16.5 Å². The molecule has 0 aliphatic heterocycles. The van der Waals surface area contributed by atoms with Crippen molar-refractivity contribution >= 4 is 33.5 Å². The van der Waals surface area contributed by atoms with Gasteiger partial charge < -0.3 is 4.74 Å². The Balaban J connectivity index is 2.13. The van der Waals surface area contributed by atoms with Crippen LogP contribution in [0.5, 0.6) is 11.6 Å². The number of aromatic nitrogens is 2. The zero-order chi connectivity index (χ0) is 16.6. The number of carbonyl (C=O) groups excluding carboxylic acids is 1. The molecule has 2 aromatic heterocycles. The van der Waals surface area contributed by atoms with Gasteiger partial charge in [0.25, 0.3) is 0 Å². The van der Waals surface area contributed by atoms with Crippen LogP contribution in [0.25, 0.3) is 10.2 Å². The summed E-state index contributed by atoms with van der Waals surface area (Å²) in [6.45, 7) is 3.89. The Morgan fingerprint density at radius 3 is 2.78 bits per heavy atom. The van der Waals surface area contributed by atoms with Crippen LogP contribution in [0.4, 0.5) is 5.69 Å². The summed E-state index contributed by atoms with van der Waals surface area (Å²) >= 11 is 1.51. The zero-order valence-electron chi connectivity index (χ0n) is 12.3. The van der Waals surface area contributed by atoms with Crippen molar-refractivity contribution in [3.63, 3.8) is 0 Å². The van der Waals surface area contributed by atoms with Crippen LogP contribution >= 0.6 is 11.3 Å². The number of hydrogen-bond donors (Lipinski definition) is 0. The Labute approximate surface area is 134 Å². The smallest absolute Gasteiger partial charge is 0.312 e. The van der Waals surface area contributed by atoms with Crippen LogP contribution in [-0.4, -0.2) is 21.2 Å². The molecule has 0 fully saturated rings. The fourth-order valence-corrected chi connectivity index (χ4v) is 3.16. The number of benzene rings is 1. The molecule has 0 amide bonds. The Morgan fingerprint density at radius 2 is 2.09 bits per heavy atom. The van der Waals surface area contributed by atoms with Crippen molar-refractivity contribution in [2.45, 2.75) is 13.8 Å². The molecule has 0 bridgehead atoms. The normalized spacial score (nSPS) is 10.7. The predicted molar refractivity (Wildman–Crippen MR) is 85.4 cm³/mol. The lowest BCUT2D eigenvalue weighted by molar-refractivity contribution is -0.385. The SMILES string of the molecule is Cc1sc2ncnc(Oc3ccc(C=O)cc3[N+](=O)[O-])c2c1C. The maximum atomic E-state index is 11.2. The van der Waals surface area contributed by atoms with Gasteiger partial charge in [-0.05, 0) is 31.5 Å². The number of ether oxygens (including phenoxy) is 1. The number of aldehydes is 1. The summed E-state index contributed by atoms with van der Waals surface area (Å²) in [6.07, 6.45) is 1.91. The average molecular weight is 329 g/mol. The fourth-order valence-electron chi connectivity index (χ4n) is 2.17. The van der Waals surface area contributed by atoms with E-state index in [9.17, 15) is 14.9 Å². The first-order valence-corrected chi connectivity index (χ1v) is 7.45. The number of nitro benzene ring substituents is 1. The zero-order valence-corrected chi connectivity index (χ0v) is 13.1. The highest BCUT2D eigenvalue weighted by atomic mass is 32.1. The van der Waals surface area contributed by atoms with E-state index in [4.69, 9.17) is 4.74 Å². The van der Waals surface area contributed by atoms with E-state index in [1.54, 1.807) is 0 Å². The molecule has 8 heteroatoms. The number of nitrogens with zero attached hydrogens (tertiary/aromatic N) is 3. The maximum Gasteiger partial charge on any atom is 0.312 e. The second kappa shape index (κ2) is 5.73. The van der Waals surface area contributed by atoms with Gasteiger partial charge in [0.1, 0.15) is 17.4 Å². The fraction of sp³-hybridized carbons (Fsp3) is 0.133. The first-order chi connectivity index (χ1) is 11.0. The average Bonchev–Trinajstić information content (AvgIpc) is 2.83. The van der Waals surface area contributed by atoms with Crippen LogP contribution in [0, 0.1) is 24.0 Å². The van der Waals surface area contributed by atoms with E-state index >= 15 is 0 Å². The van der Waals surface area contributed by atoms with Crippen molar-refractivity contribution in [2.75, 3.05) is 0 Å². The molecule has 0 unspecified atom stereocenters. The number of carbonyl (C=O) groups is 1. The van der Waals surface area contributed by atoms with Crippen molar-refractivity contribution in [2.24, 2.45) is 0 Å². The summed E-state index contributed by atoms with van der Waals surface area (Å²) in [5, 5.41) is 11.9. The van der Waals surface area contributed by atoms with E-state index in [1.165, 1.54) is 35.9 Å². The molecule has 23 heavy (non-hydrogen) atoms. The van der Waals surface area contributed by atoms with Gasteiger partial charge >= 0.3 is 5.69 Å². The summed E-state index contributed by atoms with van der Waals surface area (Å²) in [5.74, 6) is 0.294. The summed E-state index contributed by atoms with van der Waals surface area (Å²) in [7, 11) is 0. The third-order valence-corrected chi connectivity index (χ3v) is 4.57. The third kappa shape index (κ3) is 2.64. The summed E-state index contributed by atoms with van der Waals surface area (Å²) in [6, 6.07) is 4.02. The lowest BCUT2D eigenvalue weighted by atomic mass is 10.2. The molecular formula is C15H11N3O4S. The first-order valence-electron chi connectivity index (χ1n) is 6.63. The molecule has 0 saturated carbocycles. The van der Waals surface area contributed by atoms with E-state index < -0.39 is 4.92 Å². The van der Waals surface area contributed by atoms with Crippen LogP contribution in [0.2, 0.25) is 0 Å². The number of hydrogen-bond acceptors (Lipinski definition) is 7. The van der Waals surface area contributed by atoms with Crippen LogP contribution < -0.4 is 4.74 Å². The molecule has 1 aromatic carbocycles. The maximum absolute atomic E-state index is 11.2. The second-order valence-electron chi connectivity index (χ2n) is 4.85. The molecule has 7 nitrogen and oxygen atoms in total. The predicted octanol–water partition coefficient (Wildman–Crippen LogP) is 3.82. The Bertz CT molecular complexity index is 936. The topological polar surface area (TPSA) is 95.2 Å². The van der Waals surface area contributed by atoms with Crippen LogP contribution in [-0.2, 0) is 0 Å². The van der Waals surface area contributed by atoms with E-state index in [2.05, 4.69) is 9.97 Å². The molecule has 0 N–H and O–H groups in total. The number of fused-ring (bicyclic) bond motifs is 1.